The number of likely N-dealkylation sites (tertiary alicyclic amines) is 2. The summed E-state index contributed by atoms with van der Waals surface area (Å²) in [6, 6.07) is 9.46. The molecule has 6 amide bonds. The molecule has 1 unspecified atom stereocenters. The lowest BCUT2D eigenvalue weighted by Crippen LogP contribution is -2.59. The standard InChI is InChI=1S/C54H80N8O8/c1-30(2)32(5)57-50(67)42-23-35(28-61(42)52(69)46(31(3)4)59-48(65)33(6)55-11)25-44(63)38-19-15-20-39(27-38)45(64)26-36-24-43(51(68)58-41-22-16-18-37-17-13-14-21-40(37)41)62(29-36)53(70)47(54(8,9)10)60-49(66)34(7)56-12/h13-15,17,19-21,27,30-36,41-43,46-47,55-56H,16,18,22-26,28-29H2,1-12H3,(H,57,67)(H,58,68)(H,59,65)(H,60,66)/t32-,33+,34+,35-,36-,41-,42?,43+,46+,47-/m1/s1. The number of benzene rings is 2. The molecule has 70 heavy (non-hydrogen) atoms. The van der Waals surface area contributed by atoms with Crippen LogP contribution in [0.3, 0.4) is 0 Å². The van der Waals surface area contributed by atoms with Crippen LogP contribution in [-0.2, 0) is 35.2 Å². The molecule has 0 radical (unpaired) electrons. The van der Waals surface area contributed by atoms with Gasteiger partial charge in [-0.1, -0.05) is 90.9 Å². The van der Waals surface area contributed by atoms with Gasteiger partial charge in [0.2, 0.25) is 35.4 Å². The van der Waals surface area contributed by atoms with Crippen LogP contribution in [0.4, 0.5) is 0 Å². The van der Waals surface area contributed by atoms with Gasteiger partial charge < -0.3 is 41.7 Å². The Morgan fingerprint density at radius 3 is 1.70 bits per heavy atom. The minimum Gasteiger partial charge on any atom is -0.352 e. The van der Waals surface area contributed by atoms with E-state index in [1.165, 1.54) is 15.4 Å². The summed E-state index contributed by atoms with van der Waals surface area (Å²) in [6.07, 6.45) is 3.06. The summed E-state index contributed by atoms with van der Waals surface area (Å²) in [4.78, 5) is 115. The van der Waals surface area contributed by atoms with Gasteiger partial charge in [-0.3, -0.25) is 38.4 Å². The maximum Gasteiger partial charge on any atom is 0.246 e. The molecule has 6 N–H and O–H groups in total. The van der Waals surface area contributed by atoms with E-state index in [-0.39, 0.29) is 110 Å². The number of carbonyl (C=O) groups excluding carboxylic acids is 8. The highest BCUT2D eigenvalue weighted by Crippen LogP contribution is 2.35. The summed E-state index contributed by atoms with van der Waals surface area (Å²) >= 11 is 0. The average molecular weight is 969 g/mol. The zero-order chi connectivity index (χ0) is 51.8. The van der Waals surface area contributed by atoms with E-state index in [4.69, 9.17) is 0 Å². The molecule has 2 aromatic carbocycles. The van der Waals surface area contributed by atoms with E-state index in [1.807, 2.05) is 73.6 Å². The molecule has 2 aromatic rings. The highest BCUT2D eigenvalue weighted by molar-refractivity contribution is 6.02. The quantitative estimate of drug-likeness (QED) is 0.102. The van der Waals surface area contributed by atoms with Gasteiger partial charge in [0, 0.05) is 43.1 Å². The van der Waals surface area contributed by atoms with Crippen molar-refractivity contribution < 1.29 is 38.4 Å². The van der Waals surface area contributed by atoms with Crippen molar-refractivity contribution in [3.63, 3.8) is 0 Å². The third-order valence-electron chi connectivity index (χ3n) is 14.7. The van der Waals surface area contributed by atoms with Gasteiger partial charge in [0.05, 0.1) is 18.1 Å². The molecule has 384 valence electrons. The number of rotatable bonds is 20. The van der Waals surface area contributed by atoms with Crippen molar-refractivity contribution in [2.75, 3.05) is 27.2 Å². The van der Waals surface area contributed by atoms with Crippen LogP contribution in [0, 0.1) is 29.1 Å². The number of carbonyl (C=O) groups is 8. The maximum absolute atomic E-state index is 14.7. The molecule has 0 bridgehead atoms. The summed E-state index contributed by atoms with van der Waals surface area (Å²) in [5.74, 6) is -3.53. The zero-order valence-electron chi connectivity index (χ0n) is 43.6. The monoisotopic (exact) mass is 969 g/mol. The Balaban J connectivity index is 1.34. The minimum atomic E-state index is -0.957. The summed E-state index contributed by atoms with van der Waals surface area (Å²) in [7, 11) is 3.32. The van der Waals surface area contributed by atoms with E-state index < -0.39 is 53.5 Å². The first-order chi connectivity index (χ1) is 32.9. The topological polar surface area (TPSA) is 215 Å². The zero-order valence-corrected chi connectivity index (χ0v) is 43.6. The molecule has 2 saturated heterocycles. The van der Waals surface area contributed by atoms with Crippen LogP contribution in [0.2, 0.25) is 0 Å². The molecule has 0 spiro atoms. The lowest BCUT2D eigenvalue weighted by atomic mass is 9.85. The van der Waals surface area contributed by atoms with Crippen molar-refractivity contribution in [1.82, 2.24) is 41.7 Å². The number of ketones is 2. The normalized spacial score (nSPS) is 22.3. The Labute approximate surface area is 415 Å². The van der Waals surface area contributed by atoms with Crippen molar-refractivity contribution in [3.8, 4) is 0 Å². The molecule has 16 nitrogen and oxygen atoms in total. The molecule has 2 fully saturated rings. The minimum absolute atomic E-state index is 0.00669. The van der Waals surface area contributed by atoms with Crippen LogP contribution in [0.1, 0.15) is 146 Å². The fourth-order valence-electron chi connectivity index (χ4n) is 9.73. The van der Waals surface area contributed by atoms with Crippen molar-refractivity contribution >= 4 is 47.0 Å². The molecule has 1 aliphatic carbocycles. The van der Waals surface area contributed by atoms with Gasteiger partial charge in [0.25, 0.3) is 0 Å². The van der Waals surface area contributed by atoms with Crippen LogP contribution in [0.15, 0.2) is 48.5 Å². The van der Waals surface area contributed by atoms with Crippen LogP contribution in [0.25, 0.3) is 0 Å². The van der Waals surface area contributed by atoms with Crippen molar-refractivity contribution in [2.24, 2.45) is 29.1 Å². The number of hydrogen-bond donors (Lipinski definition) is 6. The van der Waals surface area contributed by atoms with Crippen LogP contribution >= 0.6 is 0 Å². The molecule has 0 saturated carbocycles. The molecule has 0 aromatic heterocycles. The summed E-state index contributed by atoms with van der Waals surface area (Å²) in [5, 5.41) is 17.9. The molecule has 10 atom stereocenters. The number of Topliss-reactive ketones (excluding diaryl/α,β-unsaturated/α-hetero) is 2. The van der Waals surface area contributed by atoms with Crippen molar-refractivity contribution in [3.05, 3.63) is 70.8 Å². The number of likely N-dealkylation sites (N-methyl/N-ethyl adjacent to an activating group) is 2. The second kappa shape index (κ2) is 24.1. The molecule has 16 heteroatoms. The summed E-state index contributed by atoms with van der Waals surface area (Å²) in [5.41, 5.74) is 2.14. The molecule has 5 rings (SSSR count). The Kier molecular flexibility index (Phi) is 19.1. The predicted octanol–water partition coefficient (Wildman–Crippen LogP) is 4.51. The first-order valence-electron chi connectivity index (χ1n) is 25.4. The van der Waals surface area contributed by atoms with Crippen LogP contribution < -0.4 is 31.9 Å². The van der Waals surface area contributed by atoms with Gasteiger partial charge in [0.15, 0.2) is 11.6 Å². The third-order valence-corrected chi connectivity index (χ3v) is 14.7. The summed E-state index contributed by atoms with van der Waals surface area (Å²) < 4.78 is 0. The van der Waals surface area contributed by atoms with E-state index in [0.29, 0.717) is 11.1 Å². The van der Waals surface area contributed by atoms with Crippen molar-refractivity contribution in [1.29, 1.82) is 0 Å². The van der Waals surface area contributed by atoms with E-state index in [0.717, 1.165) is 24.8 Å². The summed E-state index contributed by atoms with van der Waals surface area (Å²) in [6.45, 7) is 18.8. The Bertz CT molecular complexity index is 2240. The van der Waals surface area contributed by atoms with Crippen molar-refractivity contribution in [2.45, 2.75) is 163 Å². The Morgan fingerprint density at radius 1 is 0.643 bits per heavy atom. The van der Waals surface area contributed by atoms with Gasteiger partial charge >= 0.3 is 0 Å². The second-order valence-corrected chi connectivity index (χ2v) is 21.8. The van der Waals surface area contributed by atoms with E-state index >= 15 is 0 Å². The first-order valence-corrected chi connectivity index (χ1v) is 25.4. The number of nitrogens with one attached hydrogen (secondary N) is 6. The fourth-order valence-corrected chi connectivity index (χ4v) is 9.73. The Hall–Kier alpha value is -5.48. The van der Waals surface area contributed by atoms with Gasteiger partial charge in [0.1, 0.15) is 24.2 Å². The van der Waals surface area contributed by atoms with Gasteiger partial charge in [-0.05, 0) is 113 Å². The lowest BCUT2D eigenvalue weighted by molar-refractivity contribution is -0.144. The largest absolute Gasteiger partial charge is 0.352 e. The van der Waals surface area contributed by atoms with Gasteiger partial charge in [-0.2, -0.15) is 0 Å². The maximum atomic E-state index is 14.7. The third kappa shape index (κ3) is 13.7. The molecular weight excluding hydrogens is 889 g/mol. The smallest absolute Gasteiger partial charge is 0.246 e. The fraction of sp³-hybridized carbons (Fsp3) is 0.630. The average Bonchev–Trinajstić information content (AvgIpc) is 3.95. The SMILES string of the molecule is CN[C@@H](C)C(=O)N[C@H](C(=O)N1C[C@@H](CC(=O)c2cccc(C(=O)C[C@H]3C[C@@H](C(=O)N[C@@H]4CCCc5ccccc54)N(C(=O)[C@@H](NC(=O)[C@H](C)NC)C(C)(C)C)C3)c2)CC1C(=O)N[C@H](C)C(C)C)C(C)C. The molecule has 3 aliphatic rings. The van der Waals surface area contributed by atoms with E-state index in [2.05, 4.69) is 38.0 Å². The Morgan fingerprint density at radius 2 is 1.17 bits per heavy atom. The second-order valence-electron chi connectivity index (χ2n) is 21.8. The highest BCUT2D eigenvalue weighted by atomic mass is 16.2. The number of nitrogens with zero attached hydrogens (tertiary/aromatic N) is 2. The van der Waals surface area contributed by atoms with Crippen LogP contribution in [-0.4, -0.2) is 126 Å². The number of amides is 6. The highest BCUT2D eigenvalue weighted by Gasteiger charge is 2.47. The number of fused-ring (bicyclic) bond motifs is 1. The molecular formula is C54H80N8O8. The first kappa shape index (κ1) is 55.4. The number of hydrogen-bond acceptors (Lipinski definition) is 10. The van der Waals surface area contributed by atoms with Gasteiger partial charge in [-0.25, -0.2) is 0 Å². The molecule has 2 aliphatic heterocycles. The van der Waals surface area contributed by atoms with Gasteiger partial charge in [-0.15, -0.1) is 0 Å². The predicted molar refractivity (Wildman–Crippen MR) is 269 cm³/mol. The van der Waals surface area contributed by atoms with E-state index in [1.54, 1.807) is 52.2 Å². The van der Waals surface area contributed by atoms with E-state index in [9.17, 15) is 38.4 Å². The van der Waals surface area contributed by atoms with Crippen LogP contribution in [0.5, 0.6) is 0 Å². The lowest BCUT2D eigenvalue weighted by Gasteiger charge is -2.36. The number of aryl methyl sites for hydroxylation is 1. The molecule has 2 heterocycles.